The van der Waals surface area contributed by atoms with E-state index in [0.717, 1.165) is 28.1 Å². The predicted molar refractivity (Wildman–Crippen MR) is 172 cm³/mol. The van der Waals surface area contributed by atoms with Gasteiger partial charge in [0, 0.05) is 38.6 Å². The Morgan fingerprint density at radius 2 is 1.62 bits per heavy atom. The molecule has 0 N–H and O–H groups in total. The first-order valence-corrected chi connectivity index (χ1v) is 17.6. The van der Waals surface area contributed by atoms with E-state index < -0.39 is 14.0 Å². The maximum absolute atomic E-state index is 8.25. The number of benzene rings is 3. The average Bonchev–Trinajstić information content (AvgIpc) is 3.32. The number of fused-ring (bicyclic) bond motifs is 3. The average molecular weight is 736 g/mol. The number of hydrogen-bond donors (Lipinski definition) is 0. The Balaban J connectivity index is 0.000000193. The van der Waals surface area contributed by atoms with Gasteiger partial charge < -0.3 is 9.97 Å². The summed E-state index contributed by atoms with van der Waals surface area (Å²) in [5.74, 6) is -0.633. The van der Waals surface area contributed by atoms with E-state index >= 15 is 0 Å². The monoisotopic (exact) mass is 736 g/mol. The van der Waals surface area contributed by atoms with Crippen LogP contribution in [0, 0.1) is 19.1 Å². The molecule has 2 nitrogen and oxygen atoms in total. The van der Waals surface area contributed by atoms with E-state index in [1.807, 2.05) is 50.2 Å². The van der Waals surface area contributed by atoms with Crippen LogP contribution >= 0.6 is 11.3 Å². The fraction of sp³-hybridized carbons (Fsp3) is 0.200. The molecule has 3 aromatic heterocycles. The molecule has 5 heteroatoms. The Bertz CT molecular complexity index is 1790. The van der Waals surface area contributed by atoms with Crippen LogP contribution in [-0.2, 0) is 20.1 Å². The zero-order valence-corrected chi connectivity index (χ0v) is 28.0. The van der Waals surface area contributed by atoms with E-state index in [2.05, 4.69) is 97.3 Å². The molecule has 0 amide bonds. The number of nitrogens with zero attached hydrogens (tertiary/aromatic N) is 2. The summed E-state index contributed by atoms with van der Waals surface area (Å²) in [5, 5.41) is 3.97. The van der Waals surface area contributed by atoms with E-state index in [-0.39, 0.29) is 20.1 Å². The van der Waals surface area contributed by atoms with Gasteiger partial charge in [0.2, 0.25) is 0 Å². The van der Waals surface area contributed by atoms with Gasteiger partial charge in [-0.15, -0.1) is 59.7 Å². The maximum Gasteiger partial charge on any atom is 0.0798 e. The van der Waals surface area contributed by atoms with Crippen molar-refractivity contribution in [2.45, 2.75) is 46.3 Å². The number of aryl methyl sites for hydroxylation is 1. The van der Waals surface area contributed by atoms with Gasteiger partial charge in [0.25, 0.3) is 0 Å². The summed E-state index contributed by atoms with van der Waals surface area (Å²) < 4.78 is 10.7. The summed E-state index contributed by atoms with van der Waals surface area (Å²) in [7, 11) is -1.27. The van der Waals surface area contributed by atoms with Crippen molar-refractivity contribution >= 4 is 44.8 Å². The van der Waals surface area contributed by atoms with Crippen LogP contribution in [0.15, 0.2) is 91.3 Å². The van der Waals surface area contributed by atoms with Gasteiger partial charge in [-0.1, -0.05) is 80.3 Å². The molecule has 40 heavy (non-hydrogen) atoms. The second-order valence-corrected chi connectivity index (χ2v) is 17.1. The topological polar surface area (TPSA) is 25.8 Å². The van der Waals surface area contributed by atoms with Gasteiger partial charge in [-0.2, -0.15) is 11.3 Å². The Hall–Kier alpha value is -2.95. The summed E-state index contributed by atoms with van der Waals surface area (Å²) in [4.78, 5) is 9.12. The van der Waals surface area contributed by atoms with E-state index in [0.29, 0.717) is 0 Å². The Kier molecular flexibility index (Phi) is 9.07. The molecule has 0 bridgehead atoms. The van der Waals surface area contributed by atoms with Gasteiger partial charge in [0.15, 0.2) is 0 Å². The minimum atomic E-state index is -1.27. The molecular formula is C35H34IrN2SSi-2. The van der Waals surface area contributed by atoms with Gasteiger partial charge in [0.05, 0.1) is 8.07 Å². The zero-order valence-electron chi connectivity index (χ0n) is 24.8. The molecule has 0 saturated heterocycles. The fourth-order valence-corrected chi connectivity index (χ4v) is 7.72. The van der Waals surface area contributed by atoms with Crippen molar-refractivity contribution < 1.29 is 21.5 Å². The van der Waals surface area contributed by atoms with E-state index in [1.165, 1.54) is 30.9 Å². The van der Waals surface area contributed by atoms with Gasteiger partial charge >= 0.3 is 0 Å². The number of pyridine rings is 2. The SMILES string of the molecule is Cc1cc(-c2[c-]cccc2)ncc1[Si](C)(C)C.[2H]C(C)(C)c1ccnc(-c2[c-]ccc3c2sc2ccccc23)c1.[Ir]. The fourth-order valence-electron chi connectivity index (χ4n) is 4.80. The van der Waals surface area contributed by atoms with Crippen LogP contribution in [0.3, 0.4) is 0 Å². The third kappa shape index (κ3) is 6.50. The Labute approximate surface area is 258 Å². The van der Waals surface area contributed by atoms with Crippen molar-refractivity contribution in [2.24, 2.45) is 0 Å². The van der Waals surface area contributed by atoms with Gasteiger partial charge in [-0.25, -0.2) is 0 Å². The molecule has 0 aliphatic heterocycles. The summed E-state index contributed by atoms with van der Waals surface area (Å²) in [6.07, 6.45) is 3.85. The van der Waals surface area contributed by atoms with Gasteiger partial charge in [-0.3, -0.25) is 0 Å². The van der Waals surface area contributed by atoms with Crippen LogP contribution < -0.4 is 5.19 Å². The quantitative estimate of drug-likeness (QED) is 0.133. The molecule has 0 spiro atoms. The molecule has 0 aliphatic rings. The van der Waals surface area contributed by atoms with Crippen molar-refractivity contribution in [1.82, 2.24) is 9.97 Å². The Morgan fingerprint density at radius 1 is 0.850 bits per heavy atom. The van der Waals surface area contributed by atoms with E-state index in [4.69, 9.17) is 1.37 Å². The van der Waals surface area contributed by atoms with Crippen molar-refractivity contribution in [1.29, 1.82) is 0 Å². The second-order valence-electron chi connectivity index (χ2n) is 11.0. The summed E-state index contributed by atoms with van der Waals surface area (Å²) in [5.41, 5.74) is 6.32. The molecule has 3 heterocycles. The molecule has 1 radical (unpaired) electrons. The predicted octanol–water partition coefficient (Wildman–Crippen LogP) is 9.44. The minimum absolute atomic E-state index is 0. The first kappa shape index (κ1) is 28.6. The second kappa shape index (κ2) is 12.7. The van der Waals surface area contributed by atoms with Gasteiger partial charge in [0.1, 0.15) is 0 Å². The molecule has 0 atom stereocenters. The van der Waals surface area contributed by atoms with Crippen LogP contribution in [0.25, 0.3) is 42.7 Å². The van der Waals surface area contributed by atoms with Gasteiger partial charge in [-0.05, 0) is 51.6 Å². The van der Waals surface area contributed by atoms with Crippen LogP contribution in [0.4, 0.5) is 0 Å². The maximum atomic E-state index is 8.25. The van der Waals surface area contributed by atoms with Crippen molar-refractivity contribution in [3.63, 3.8) is 0 Å². The molecule has 205 valence electrons. The smallest absolute Gasteiger partial charge is 0.0798 e. The standard InChI is InChI=1S/C20H16NS.C15H18NSi.Ir/c1-13(2)14-10-11-21-18(12-14)17-8-5-7-16-15-6-3-4-9-19(15)22-20(16)17;1-12-10-14(13-8-6-5-7-9-13)16-11-15(12)17(2,3)4;/h3-7,9-13H,1-2H3;5-8,10-11H,1-4H3;/q2*-1;/i13D;;. The first-order valence-electron chi connectivity index (χ1n) is 13.8. The van der Waals surface area contributed by atoms with Crippen LogP contribution in [0.1, 0.15) is 32.2 Å². The largest absolute Gasteiger partial charge is 0.305 e. The number of thiophene rings is 1. The molecule has 6 aromatic rings. The normalized spacial score (nSPS) is 11.9. The van der Waals surface area contributed by atoms with Crippen molar-refractivity contribution in [3.8, 4) is 22.5 Å². The molecule has 3 aromatic carbocycles. The molecule has 0 aliphatic carbocycles. The number of aromatic nitrogens is 2. The summed E-state index contributed by atoms with van der Waals surface area (Å²) in [6, 6.07) is 33.2. The molecular weight excluding hydrogens is 701 g/mol. The summed E-state index contributed by atoms with van der Waals surface area (Å²) in [6.45, 7) is 13.0. The Morgan fingerprint density at radius 3 is 2.33 bits per heavy atom. The van der Waals surface area contributed by atoms with Crippen LogP contribution in [0.2, 0.25) is 19.6 Å². The summed E-state index contributed by atoms with van der Waals surface area (Å²) >= 11 is 1.78. The molecule has 0 unspecified atom stereocenters. The van der Waals surface area contributed by atoms with Crippen LogP contribution in [-0.4, -0.2) is 18.0 Å². The minimum Gasteiger partial charge on any atom is -0.305 e. The molecule has 0 fully saturated rings. The zero-order chi connectivity index (χ0) is 28.5. The number of rotatable bonds is 4. The van der Waals surface area contributed by atoms with E-state index in [9.17, 15) is 0 Å². The number of hydrogen-bond acceptors (Lipinski definition) is 3. The third-order valence-corrected chi connectivity index (χ3v) is 10.2. The van der Waals surface area contributed by atoms with Crippen LogP contribution in [0.5, 0.6) is 0 Å². The third-order valence-electron chi connectivity index (χ3n) is 6.84. The molecule has 6 rings (SSSR count). The van der Waals surface area contributed by atoms with E-state index in [1.54, 1.807) is 17.5 Å². The van der Waals surface area contributed by atoms with Crippen molar-refractivity contribution in [3.05, 3.63) is 115 Å². The molecule has 0 saturated carbocycles. The van der Waals surface area contributed by atoms with Crippen molar-refractivity contribution in [2.75, 3.05) is 0 Å². The first-order chi connectivity index (χ1) is 19.0.